The molecule has 0 heterocycles. The van der Waals surface area contributed by atoms with Crippen LogP contribution < -0.4 is 15.4 Å². The largest absolute Gasteiger partial charge is 0.492 e. The molecule has 1 aromatic rings. The lowest BCUT2D eigenvalue weighted by molar-refractivity contribution is -0.115. The molecular formula is C13H20BrClN2O3. The van der Waals surface area contributed by atoms with E-state index in [1.165, 1.54) is 0 Å². The maximum absolute atomic E-state index is 11.8. The highest BCUT2D eigenvalue weighted by atomic mass is 79.9. The van der Waals surface area contributed by atoms with Crippen molar-refractivity contribution >= 4 is 39.9 Å². The standard InChI is InChI=1S/C13H19BrN2O3.ClH/c1-3-19-12-5-4-10(14)8-11(12)16-13(17)9-15-6-7-18-2;/h4-5,8,15H,3,6-7,9H2,1-2H3,(H,16,17);1H. The molecule has 0 fully saturated rings. The van der Waals surface area contributed by atoms with Crippen molar-refractivity contribution in [1.82, 2.24) is 5.32 Å². The molecule has 1 rings (SSSR count). The van der Waals surface area contributed by atoms with Crippen LogP contribution in [0.3, 0.4) is 0 Å². The fourth-order valence-corrected chi connectivity index (χ4v) is 1.81. The summed E-state index contributed by atoms with van der Waals surface area (Å²) in [4.78, 5) is 11.8. The van der Waals surface area contributed by atoms with Crippen LogP contribution in [-0.4, -0.2) is 39.3 Å². The molecule has 1 aromatic carbocycles. The number of ether oxygens (including phenoxy) is 2. The van der Waals surface area contributed by atoms with E-state index in [0.717, 1.165) is 4.47 Å². The number of benzene rings is 1. The van der Waals surface area contributed by atoms with Gasteiger partial charge in [0, 0.05) is 18.1 Å². The number of methoxy groups -OCH3 is 1. The average Bonchev–Trinajstić information content (AvgIpc) is 2.38. The van der Waals surface area contributed by atoms with Crippen molar-refractivity contribution in [2.45, 2.75) is 6.92 Å². The Hall–Kier alpha value is -0.820. The minimum atomic E-state index is -0.116. The van der Waals surface area contributed by atoms with Gasteiger partial charge in [-0.3, -0.25) is 4.79 Å². The molecule has 7 heteroatoms. The summed E-state index contributed by atoms with van der Waals surface area (Å²) in [6.45, 7) is 3.91. The van der Waals surface area contributed by atoms with E-state index in [1.54, 1.807) is 7.11 Å². The van der Waals surface area contributed by atoms with Gasteiger partial charge in [-0.25, -0.2) is 0 Å². The van der Waals surface area contributed by atoms with Crippen molar-refractivity contribution in [2.24, 2.45) is 0 Å². The van der Waals surface area contributed by atoms with E-state index in [-0.39, 0.29) is 24.9 Å². The molecule has 1 amide bonds. The summed E-state index contributed by atoms with van der Waals surface area (Å²) in [5, 5.41) is 5.80. The van der Waals surface area contributed by atoms with E-state index in [1.807, 2.05) is 25.1 Å². The second kappa shape index (κ2) is 10.9. The summed E-state index contributed by atoms with van der Waals surface area (Å²) in [6, 6.07) is 5.51. The van der Waals surface area contributed by atoms with Gasteiger partial charge in [-0.15, -0.1) is 12.4 Å². The minimum absolute atomic E-state index is 0. The summed E-state index contributed by atoms with van der Waals surface area (Å²) in [5.41, 5.74) is 0.662. The SMILES string of the molecule is CCOc1ccc(Br)cc1NC(=O)CNCCOC.Cl. The van der Waals surface area contributed by atoms with Crippen LogP contribution in [0, 0.1) is 0 Å². The number of hydrogen-bond acceptors (Lipinski definition) is 4. The Bertz CT molecular complexity index is 419. The molecule has 0 saturated heterocycles. The van der Waals surface area contributed by atoms with Crippen LogP contribution in [0.4, 0.5) is 5.69 Å². The quantitative estimate of drug-likeness (QED) is 0.693. The van der Waals surface area contributed by atoms with Crippen molar-refractivity contribution < 1.29 is 14.3 Å². The molecule has 0 atom stereocenters. The predicted octanol–water partition coefficient (Wildman–Crippen LogP) is 2.44. The number of rotatable bonds is 8. The highest BCUT2D eigenvalue weighted by molar-refractivity contribution is 9.10. The monoisotopic (exact) mass is 366 g/mol. The van der Waals surface area contributed by atoms with Crippen molar-refractivity contribution in [3.05, 3.63) is 22.7 Å². The lowest BCUT2D eigenvalue weighted by Crippen LogP contribution is -2.30. The molecule has 0 spiro atoms. The zero-order valence-electron chi connectivity index (χ0n) is 11.6. The third-order valence-corrected chi connectivity index (χ3v) is 2.78. The molecule has 0 unspecified atom stereocenters. The van der Waals surface area contributed by atoms with Crippen molar-refractivity contribution in [1.29, 1.82) is 0 Å². The molecule has 0 radical (unpaired) electrons. The van der Waals surface area contributed by atoms with E-state index >= 15 is 0 Å². The van der Waals surface area contributed by atoms with E-state index in [9.17, 15) is 4.79 Å². The summed E-state index contributed by atoms with van der Waals surface area (Å²) in [5.74, 6) is 0.547. The molecule has 0 bridgehead atoms. The van der Waals surface area contributed by atoms with E-state index < -0.39 is 0 Å². The maximum atomic E-state index is 11.8. The fourth-order valence-electron chi connectivity index (χ4n) is 1.45. The lowest BCUT2D eigenvalue weighted by atomic mass is 10.3. The first-order chi connectivity index (χ1) is 9.17. The van der Waals surface area contributed by atoms with Gasteiger partial charge in [0.2, 0.25) is 5.91 Å². The van der Waals surface area contributed by atoms with E-state index in [4.69, 9.17) is 9.47 Å². The molecule has 20 heavy (non-hydrogen) atoms. The normalized spacial score (nSPS) is 9.75. The average molecular weight is 368 g/mol. The van der Waals surface area contributed by atoms with Crippen LogP contribution in [0.25, 0.3) is 0 Å². The molecule has 0 aliphatic carbocycles. The third-order valence-electron chi connectivity index (χ3n) is 2.28. The van der Waals surface area contributed by atoms with Gasteiger partial charge in [0.05, 0.1) is 25.4 Å². The van der Waals surface area contributed by atoms with Crippen molar-refractivity contribution in [3.8, 4) is 5.75 Å². The summed E-state index contributed by atoms with van der Waals surface area (Å²) >= 11 is 3.37. The Morgan fingerprint density at radius 3 is 2.80 bits per heavy atom. The fraction of sp³-hybridized carbons (Fsp3) is 0.462. The Labute approximate surface area is 133 Å². The number of anilines is 1. The van der Waals surface area contributed by atoms with Gasteiger partial charge in [0.25, 0.3) is 0 Å². The van der Waals surface area contributed by atoms with Gasteiger partial charge in [0.15, 0.2) is 0 Å². The summed E-state index contributed by atoms with van der Waals surface area (Å²) in [7, 11) is 1.62. The van der Waals surface area contributed by atoms with Gasteiger partial charge in [-0.2, -0.15) is 0 Å². The van der Waals surface area contributed by atoms with Crippen molar-refractivity contribution in [2.75, 3.05) is 38.7 Å². The van der Waals surface area contributed by atoms with Gasteiger partial charge >= 0.3 is 0 Å². The van der Waals surface area contributed by atoms with Gasteiger partial charge in [0.1, 0.15) is 5.75 Å². The van der Waals surface area contributed by atoms with E-state index in [0.29, 0.717) is 31.2 Å². The van der Waals surface area contributed by atoms with Crippen LogP contribution >= 0.6 is 28.3 Å². The number of carbonyl (C=O) groups is 1. The van der Waals surface area contributed by atoms with E-state index in [2.05, 4.69) is 26.6 Å². The Balaban J connectivity index is 0.00000361. The second-order valence-corrected chi connectivity index (χ2v) is 4.71. The molecule has 0 aromatic heterocycles. The highest BCUT2D eigenvalue weighted by Crippen LogP contribution is 2.28. The Kier molecular flexibility index (Phi) is 10.5. The summed E-state index contributed by atoms with van der Waals surface area (Å²) < 4.78 is 11.2. The molecule has 5 nitrogen and oxygen atoms in total. The molecule has 0 aliphatic heterocycles. The molecular weight excluding hydrogens is 348 g/mol. The smallest absolute Gasteiger partial charge is 0.238 e. The number of halogens is 2. The molecule has 0 aliphatic rings. The summed E-state index contributed by atoms with van der Waals surface area (Å²) in [6.07, 6.45) is 0. The number of amides is 1. The van der Waals surface area contributed by atoms with Crippen LogP contribution in [0.2, 0.25) is 0 Å². The first-order valence-electron chi connectivity index (χ1n) is 6.09. The topological polar surface area (TPSA) is 59.6 Å². The zero-order chi connectivity index (χ0) is 14.1. The molecule has 2 N–H and O–H groups in total. The van der Waals surface area contributed by atoms with Crippen LogP contribution in [0.15, 0.2) is 22.7 Å². The van der Waals surface area contributed by atoms with Crippen LogP contribution in [-0.2, 0) is 9.53 Å². The number of nitrogens with one attached hydrogen (secondary N) is 2. The van der Waals surface area contributed by atoms with Gasteiger partial charge in [-0.1, -0.05) is 15.9 Å². The number of carbonyl (C=O) groups excluding carboxylic acids is 1. The maximum Gasteiger partial charge on any atom is 0.238 e. The van der Waals surface area contributed by atoms with Crippen LogP contribution in [0.1, 0.15) is 6.92 Å². The highest BCUT2D eigenvalue weighted by Gasteiger charge is 2.08. The van der Waals surface area contributed by atoms with Crippen molar-refractivity contribution in [3.63, 3.8) is 0 Å². The van der Waals surface area contributed by atoms with Gasteiger partial charge in [-0.05, 0) is 25.1 Å². The zero-order valence-corrected chi connectivity index (χ0v) is 14.0. The molecule has 114 valence electrons. The second-order valence-electron chi connectivity index (χ2n) is 3.79. The van der Waals surface area contributed by atoms with Crippen LogP contribution in [0.5, 0.6) is 5.75 Å². The molecule has 0 saturated carbocycles. The Morgan fingerprint density at radius 1 is 1.40 bits per heavy atom. The lowest BCUT2D eigenvalue weighted by Gasteiger charge is -2.12. The van der Waals surface area contributed by atoms with Gasteiger partial charge < -0.3 is 20.1 Å². The minimum Gasteiger partial charge on any atom is -0.492 e. The Morgan fingerprint density at radius 2 is 2.15 bits per heavy atom. The first kappa shape index (κ1) is 19.2. The third kappa shape index (κ3) is 7.09. The predicted molar refractivity (Wildman–Crippen MR) is 85.9 cm³/mol. The number of hydrogen-bond donors (Lipinski definition) is 2. The first-order valence-corrected chi connectivity index (χ1v) is 6.88.